The molecule has 0 saturated heterocycles. The van der Waals surface area contributed by atoms with Gasteiger partial charge >= 0.3 is 0 Å². The van der Waals surface area contributed by atoms with E-state index < -0.39 is 0 Å². The molecule has 4 heteroatoms. The van der Waals surface area contributed by atoms with Crippen molar-refractivity contribution in [2.45, 2.75) is 13.0 Å². The molecule has 1 atom stereocenters. The Hall–Kier alpha value is -1.26. The second kappa shape index (κ2) is 5.00. The third-order valence-electron chi connectivity index (χ3n) is 2.23. The predicted octanol–water partition coefficient (Wildman–Crippen LogP) is 2.24. The van der Waals surface area contributed by atoms with Crippen LogP contribution < -0.4 is 5.32 Å². The van der Waals surface area contributed by atoms with Gasteiger partial charge in [0.1, 0.15) is 0 Å². The molecular weight excluding hydrogens is 206 g/mol. The summed E-state index contributed by atoms with van der Waals surface area (Å²) in [7, 11) is 0. The number of hydrogen-bond acceptors (Lipinski definition) is 4. The van der Waals surface area contributed by atoms with Crippen LogP contribution in [0.2, 0.25) is 0 Å². The van der Waals surface area contributed by atoms with E-state index in [1.54, 1.807) is 17.5 Å². The van der Waals surface area contributed by atoms with Crippen LogP contribution in [0.4, 0.5) is 0 Å². The molecule has 3 nitrogen and oxygen atoms in total. The van der Waals surface area contributed by atoms with Crippen molar-refractivity contribution >= 4 is 11.3 Å². The van der Waals surface area contributed by atoms with Crippen molar-refractivity contribution in [3.05, 3.63) is 46.4 Å². The third kappa shape index (κ3) is 2.40. The lowest BCUT2D eigenvalue weighted by Crippen LogP contribution is -2.21. The zero-order valence-electron chi connectivity index (χ0n) is 8.55. The number of rotatable bonds is 4. The summed E-state index contributed by atoms with van der Waals surface area (Å²) in [5.74, 6) is 0. The fourth-order valence-corrected chi connectivity index (χ4v) is 2.23. The average Bonchev–Trinajstić information content (AvgIpc) is 2.80. The smallest absolute Gasteiger partial charge is 0.0601 e. The number of nitrogens with one attached hydrogen (secondary N) is 1. The van der Waals surface area contributed by atoms with Crippen LogP contribution in [0, 0.1) is 0 Å². The van der Waals surface area contributed by atoms with Gasteiger partial charge in [0.2, 0.25) is 0 Å². The van der Waals surface area contributed by atoms with E-state index in [4.69, 9.17) is 0 Å². The summed E-state index contributed by atoms with van der Waals surface area (Å²) in [5.41, 5.74) is 2.44. The summed E-state index contributed by atoms with van der Waals surface area (Å²) in [4.78, 5) is 0. The Morgan fingerprint density at radius 3 is 2.87 bits per heavy atom. The van der Waals surface area contributed by atoms with Gasteiger partial charge in [0.05, 0.1) is 12.2 Å². The minimum Gasteiger partial charge on any atom is -0.306 e. The fraction of sp³-hybridized carbons (Fsp3) is 0.273. The van der Waals surface area contributed by atoms with Crippen LogP contribution in [-0.2, 0) is 0 Å². The first-order valence-electron chi connectivity index (χ1n) is 4.94. The SMILES string of the molecule is CCNC(c1ccnnc1)c1ccsc1. The summed E-state index contributed by atoms with van der Waals surface area (Å²) in [6.07, 6.45) is 3.54. The molecule has 2 rings (SSSR count). The van der Waals surface area contributed by atoms with Gasteiger partial charge in [-0.3, -0.25) is 0 Å². The molecule has 0 aliphatic heterocycles. The van der Waals surface area contributed by atoms with Crippen molar-refractivity contribution in [3.8, 4) is 0 Å². The molecule has 0 radical (unpaired) electrons. The molecule has 0 aromatic carbocycles. The van der Waals surface area contributed by atoms with Crippen molar-refractivity contribution in [2.24, 2.45) is 0 Å². The van der Waals surface area contributed by atoms with Gasteiger partial charge in [-0.05, 0) is 40.6 Å². The standard InChI is InChI=1S/C11H13N3S/c1-2-12-11(10-4-6-15-8-10)9-3-5-13-14-7-9/h3-8,11-12H,2H2,1H3. The van der Waals surface area contributed by atoms with Gasteiger partial charge in [0.25, 0.3) is 0 Å². The topological polar surface area (TPSA) is 37.8 Å². The lowest BCUT2D eigenvalue weighted by molar-refractivity contribution is 0.628. The van der Waals surface area contributed by atoms with Gasteiger partial charge in [0, 0.05) is 6.20 Å². The molecule has 1 unspecified atom stereocenters. The molecule has 15 heavy (non-hydrogen) atoms. The molecule has 2 aromatic rings. The Bertz CT molecular complexity index is 385. The highest BCUT2D eigenvalue weighted by Gasteiger charge is 2.12. The number of hydrogen-bond donors (Lipinski definition) is 1. The molecular formula is C11H13N3S. The molecule has 0 saturated carbocycles. The van der Waals surface area contributed by atoms with Crippen LogP contribution in [0.3, 0.4) is 0 Å². The normalized spacial score (nSPS) is 12.6. The number of thiophene rings is 1. The van der Waals surface area contributed by atoms with Crippen LogP contribution in [0.25, 0.3) is 0 Å². The number of nitrogens with zero attached hydrogens (tertiary/aromatic N) is 2. The van der Waals surface area contributed by atoms with E-state index >= 15 is 0 Å². The predicted molar refractivity (Wildman–Crippen MR) is 61.9 cm³/mol. The van der Waals surface area contributed by atoms with Crippen molar-refractivity contribution in [1.82, 2.24) is 15.5 Å². The minimum absolute atomic E-state index is 0.233. The zero-order chi connectivity index (χ0) is 10.5. The molecule has 0 aliphatic rings. The highest BCUT2D eigenvalue weighted by molar-refractivity contribution is 7.08. The Morgan fingerprint density at radius 1 is 1.33 bits per heavy atom. The lowest BCUT2D eigenvalue weighted by Gasteiger charge is -2.16. The maximum Gasteiger partial charge on any atom is 0.0601 e. The van der Waals surface area contributed by atoms with Crippen molar-refractivity contribution in [2.75, 3.05) is 6.54 Å². The van der Waals surface area contributed by atoms with Crippen LogP contribution >= 0.6 is 11.3 Å². The van der Waals surface area contributed by atoms with Crippen LogP contribution in [0.5, 0.6) is 0 Å². The van der Waals surface area contributed by atoms with Gasteiger partial charge in [0.15, 0.2) is 0 Å². The molecule has 1 N–H and O–H groups in total. The monoisotopic (exact) mass is 219 g/mol. The minimum atomic E-state index is 0.233. The molecule has 2 heterocycles. The first-order valence-corrected chi connectivity index (χ1v) is 5.88. The maximum absolute atomic E-state index is 3.91. The Labute approximate surface area is 93.2 Å². The Kier molecular flexibility index (Phi) is 3.42. The lowest BCUT2D eigenvalue weighted by atomic mass is 10.0. The van der Waals surface area contributed by atoms with Gasteiger partial charge in [-0.25, -0.2) is 0 Å². The van der Waals surface area contributed by atoms with Gasteiger partial charge in [-0.1, -0.05) is 6.92 Å². The zero-order valence-corrected chi connectivity index (χ0v) is 9.37. The van der Waals surface area contributed by atoms with Crippen LogP contribution in [0.1, 0.15) is 24.1 Å². The highest BCUT2D eigenvalue weighted by Crippen LogP contribution is 2.22. The molecule has 0 spiro atoms. The van der Waals surface area contributed by atoms with E-state index in [9.17, 15) is 0 Å². The van der Waals surface area contributed by atoms with Crippen LogP contribution in [0.15, 0.2) is 35.3 Å². The van der Waals surface area contributed by atoms with E-state index in [-0.39, 0.29) is 6.04 Å². The summed E-state index contributed by atoms with van der Waals surface area (Å²) in [6, 6.07) is 4.37. The van der Waals surface area contributed by atoms with E-state index in [1.165, 1.54) is 5.56 Å². The molecule has 78 valence electrons. The summed E-state index contributed by atoms with van der Waals surface area (Å²) < 4.78 is 0. The Morgan fingerprint density at radius 2 is 2.27 bits per heavy atom. The highest BCUT2D eigenvalue weighted by atomic mass is 32.1. The second-order valence-electron chi connectivity index (χ2n) is 3.22. The molecule has 0 amide bonds. The Balaban J connectivity index is 2.28. The van der Waals surface area contributed by atoms with Crippen LogP contribution in [-0.4, -0.2) is 16.7 Å². The summed E-state index contributed by atoms with van der Waals surface area (Å²) >= 11 is 1.71. The van der Waals surface area contributed by atoms with Gasteiger partial charge in [-0.2, -0.15) is 21.5 Å². The van der Waals surface area contributed by atoms with Crippen molar-refractivity contribution in [1.29, 1.82) is 0 Å². The van der Waals surface area contributed by atoms with Gasteiger partial charge < -0.3 is 5.32 Å². The average molecular weight is 219 g/mol. The summed E-state index contributed by atoms with van der Waals surface area (Å²) in [5, 5.41) is 15.4. The largest absolute Gasteiger partial charge is 0.306 e. The third-order valence-corrected chi connectivity index (χ3v) is 2.93. The molecule has 0 bridgehead atoms. The quantitative estimate of drug-likeness (QED) is 0.857. The summed E-state index contributed by atoms with van der Waals surface area (Å²) in [6.45, 7) is 3.04. The number of aromatic nitrogens is 2. The van der Waals surface area contributed by atoms with E-state index in [0.29, 0.717) is 0 Å². The second-order valence-corrected chi connectivity index (χ2v) is 4.00. The molecule has 2 aromatic heterocycles. The van der Waals surface area contributed by atoms with Crippen molar-refractivity contribution in [3.63, 3.8) is 0 Å². The van der Waals surface area contributed by atoms with Crippen molar-refractivity contribution < 1.29 is 0 Å². The first kappa shape index (κ1) is 10.3. The molecule has 0 fully saturated rings. The van der Waals surface area contributed by atoms with E-state index in [0.717, 1.165) is 12.1 Å². The van der Waals surface area contributed by atoms with E-state index in [2.05, 4.69) is 39.3 Å². The fourth-order valence-electron chi connectivity index (χ4n) is 1.54. The maximum atomic E-state index is 3.91. The van der Waals surface area contributed by atoms with Gasteiger partial charge in [-0.15, -0.1) is 0 Å². The van der Waals surface area contributed by atoms with E-state index in [1.807, 2.05) is 12.3 Å². The molecule has 0 aliphatic carbocycles. The first-order chi connectivity index (χ1) is 7.42.